The first-order valence-electron chi connectivity index (χ1n) is 14.0. The van der Waals surface area contributed by atoms with Gasteiger partial charge in [0.15, 0.2) is 12.0 Å². The number of hydrogen-bond donors (Lipinski definition) is 3. The third-order valence-corrected chi connectivity index (χ3v) is 10.3. The number of alkyl halides is 3. The molecule has 1 amide bonds. The predicted molar refractivity (Wildman–Crippen MR) is 142 cm³/mol. The first-order valence-corrected chi connectivity index (χ1v) is 15.4. The lowest BCUT2D eigenvalue weighted by atomic mass is 9.86. The highest BCUT2D eigenvalue weighted by atomic mass is 32.2. The molecular formula is C28H33F3N4O5S. The lowest BCUT2D eigenvalue weighted by molar-refractivity contribution is -0.274. The van der Waals surface area contributed by atoms with Gasteiger partial charge in [0, 0.05) is 25.7 Å². The first-order chi connectivity index (χ1) is 19.5. The Morgan fingerprint density at radius 1 is 1.12 bits per heavy atom. The topological polar surface area (TPSA) is 112 Å². The molecule has 3 N–H and O–H groups in total. The van der Waals surface area contributed by atoms with Crippen LogP contribution in [0.2, 0.25) is 0 Å². The van der Waals surface area contributed by atoms with Crippen molar-refractivity contribution in [3.63, 3.8) is 0 Å². The molecule has 2 unspecified atom stereocenters. The number of aryl methyl sites for hydroxylation is 1. The molecule has 0 bridgehead atoms. The number of hydrogen-bond acceptors (Lipinski definition) is 7. The molecule has 0 spiro atoms. The van der Waals surface area contributed by atoms with Crippen molar-refractivity contribution in [2.24, 2.45) is 0 Å². The molecule has 2 aromatic rings. The van der Waals surface area contributed by atoms with E-state index < -0.39 is 34.1 Å². The van der Waals surface area contributed by atoms with Gasteiger partial charge < -0.3 is 20.1 Å². The van der Waals surface area contributed by atoms with Crippen LogP contribution in [-0.2, 0) is 32.5 Å². The van der Waals surface area contributed by atoms with Crippen LogP contribution < -0.4 is 20.7 Å². The smallest absolute Gasteiger partial charge is 0.406 e. The summed E-state index contributed by atoms with van der Waals surface area (Å²) in [6, 6.07) is 10.8. The number of benzene rings is 2. The Morgan fingerprint density at radius 3 is 2.61 bits per heavy atom. The highest BCUT2D eigenvalue weighted by Crippen LogP contribution is 2.46. The maximum atomic E-state index is 13.5. The van der Waals surface area contributed by atoms with Gasteiger partial charge in [-0.1, -0.05) is 24.6 Å². The number of halogens is 3. The molecule has 1 saturated carbocycles. The lowest BCUT2D eigenvalue weighted by Gasteiger charge is -2.33. The highest BCUT2D eigenvalue weighted by Gasteiger charge is 2.67. The van der Waals surface area contributed by atoms with Crippen molar-refractivity contribution in [1.29, 1.82) is 0 Å². The summed E-state index contributed by atoms with van der Waals surface area (Å²) in [4.78, 5) is 13.1. The molecule has 3 atom stereocenters. The van der Waals surface area contributed by atoms with Gasteiger partial charge in [0.05, 0.1) is 17.4 Å². The van der Waals surface area contributed by atoms with Crippen LogP contribution in [0.1, 0.15) is 61.3 Å². The van der Waals surface area contributed by atoms with Crippen molar-refractivity contribution in [1.82, 2.24) is 20.3 Å². The van der Waals surface area contributed by atoms with E-state index in [1.165, 1.54) is 30.4 Å². The lowest BCUT2D eigenvalue weighted by Crippen LogP contribution is -2.55. The zero-order chi connectivity index (χ0) is 28.8. The molecule has 2 aliphatic heterocycles. The largest absolute Gasteiger partial charge is 0.573 e. The summed E-state index contributed by atoms with van der Waals surface area (Å²) in [6.07, 6.45) is 0.619. The number of nitrogens with one attached hydrogen (secondary N) is 3. The summed E-state index contributed by atoms with van der Waals surface area (Å²) < 4.78 is 75.4. The molecule has 3 fully saturated rings. The Hall–Kier alpha value is -2.71. The molecule has 2 heterocycles. The molecule has 4 aliphatic rings. The van der Waals surface area contributed by atoms with Crippen molar-refractivity contribution in [2.45, 2.75) is 86.8 Å². The van der Waals surface area contributed by atoms with Gasteiger partial charge in [0.25, 0.3) is 0 Å². The quantitative estimate of drug-likeness (QED) is 0.382. The number of epoxide rings is 1. The van der Waals surface area contributed by atoms with Crippen LogP contribution in [0.15, 0.2) is 47.4 Å². The van der Waals surface area contributed by atoms with Gasteiger partial charge in [0.1, 0.15) is 5.75 Å². The monoisotopic (exact) mass is 594 g/mol. The van der Waals surface area contributed by atoms with Gasteiger partial charge in [-0.3, -0.25) is 10.1 Å². The van der Waals surface area contributed by atoms with Crippen molar-refractivity contribution in [2.75, 3.05) is 13.1 Å². The number of fused-ring (bicyclic) bond motifs is 2. The second-order valence-electron chi connectivity index (χ2n) is 11.1. The SMILES string of the molecule is O=C(CC12OC1NCCN2S(=O)(=O)c1ccc(OC(F)(F)F)cc1)N[C@@H]1CCCc2cc(CNC3CCC3)ccc21. The average Bonchev–Trinajstić information content (AvgIpc) is 3.60. The Labute approximate surface area is 236 Å². The molecule has 2 aliphatic carbocycles. The molecule has 13 heteroatoms. The molecule has 0 aromatic heterocycles. The van der Waals surface area contributed by atoms with Crippen molar-refractivity contribution in [3.8, 4) is 5.75 Å². The fraction of sp³-hybridized carbons (Fsp3) is 0.536. The minimum absolute atomic E-state index is 0.0385. The number of ether oxygens (including phenoxy) is 2. The fourth-order valence-electron chi connectivity index (χ4n) is 6.01. The van der Waals surface area contributed by atoms with E-state index in [2.05, 4.69) is 38.9 Å². The number of nitrogens with zero attached hydrogens (tertiary/aromatic N) is 1. The minimum atomic E-state index is -4.89. The van der Waals surface area contributed by atoms with Gasteiger partial charge >= 0.3 is 6.36 Å². The summed E-state index contributed by atoms with van der Waals surface area (Å²) in [5.74, 6) is -0.861. The van der Waals surface area contributed by atoms with Crippen LogP contribution in [-0.4, -0.2) is 56.1 Å². The van der Waals surface area contributed by atoms with Crippen molar-refractivity contribution >= 4 is 15.9 Å². The Kier molecular flexibility index (Phi) is 7.52. The Morgan fingerprint density at radius 2 is 1.90 bits per heavy atom. The molecule has 6 rings (SSSR count). The second-order valence-corrected chi connectivity index (χ2v) is 13.0. The third-order valence-electron chi connectivity index (χ3n) is 8.36. The normalized spacial score (nSPS) is 26.4. The number of amides is 1. The van der Waals surface area contributed by atoms with E-state index in [9.17, 15) is 26.4 Å². The average molecular weight is 595 g/mol. The van der Waals surface area contributed by atoms with Crippen LogP contribution in [0, 0.1) is 0 Å². The molecule has 2 saturated heterocycles. The number of rotatable bonds is 9. The van der Waals surface area contributed by atoms with E-state index in [4.69, 9.17) is 4.74 Å². The first kappa shape index (κ1) is 28.4. The van der Waals surface area contributed by atoms with Crippen molar-refractivity contribution < 1.29 is 35.9 Å². The molecule has 222 valence electrons. The van der Waals surface area contributed by atoms with E-state index >= 15 is 0 Å². The van der Waals surface area contributed by atoms with Gasteiger partial charge in [-0.25, -0.2) is 8.42 Å². The standard InChI is InChI=1S/C28H33F3N4O5S/c29-28(30,31)39-21-8-10-22(11-9-21)41(37,38)35-14-13-32-26-27(35,40-26)16-25(36)34-24-6-1-3-19-15-18(7-12-23(19)24)17-33-20-4-2-5-20/h7-12,15,20,24,26,32-33H,1-6,13-14,16-17H2,(H,34,36)/t24-,26?,27?/m1/s1. The maximum Gasteiger partial charge on any atom is 0.573 e. The van der Waals surface area contributed by atoms with Crippen molar-refractivity contribution in [3.05, 3.63) is 59.2 Å². The Balaban J connectivity index is 1.13. The van der Waals surface area contributed by atoms with E-state index in [-0.39, 0.29) is 29.8 Å². The zero-order valence-corrected chi connectivity index (χ0v) is 23.2. The van der Waals surface area contributed by atoms with Crippen LogP contribution in [0.5, 0.6) is 5.75 Å². The number of piperazine rings is 1. The Bertz CT molecular complexity index is 1400. The summed E-state index contributed by atoms with van der Waals surface area (Å²) in [7, 11) is -4.18. The fourth-order valence-corrected chi connectivity index (χ4v) is 7.69. The van der Waals surface area contributed by atoms with E-state index in [0.29, 0.717) is 12.6 Å². The van der Waals surface area contributed by atoms with E-state index in [1.54, 1.807) is 0 Å². The summed E-state index contributed by atoms with van der Waals surface area (Å²) in [5.41, 5.74) is 2.12. The van der Waals surface area contributed by atoms with Crippen LogP contribution in [0.4, 0.5) is 13.2 Å². The summed E-state index contributed by atoms with van der Waals surface area (Å²) in [5, 5.41) is 9.77. The number of carbonyl (C=O) groups excluding carboxylic acids is 1. The molecule has 9 nitrogen and oxygen atoms in total. The molecule has 2 aromatic carbocycles. The van der Waals surface area contributed by atoms with Gasteiger partial charge in [-0.15, -0.1) is 13.2 Å². The summed E-state index contributed by atoms with van der Waals surface area (Å²) >= 11 is 0. The molecular weight excluding hydrogens is 561 g/mol. The summed E-state index contributed by atoms with van der Waals surface area (Å²) in [6.45, 7) is 1.17. The van der Waals surface area contributed by atoms with Gasteiger partial charge in [-0.05, 0) is 73.1 Å². The van der Waals surface area contributed by atoms with E-state index in [1.807, 2.05) is 0 Å². The maximum absolute atomic E-state index is 13.5. The second kappa shape index (κ2) is 10.8. The molecule has 41 heavy (non-hydrogen) atoms. The third kappa shape index (κ3) is 5.96. The van der Waals surface area contributed by atoms with E-state index in [0.717, 1.165) is 59.9 Å². The zero-order valence-electron chi connectivity index (χ0n) is 22.4. The van der Waals surface area contributed by atoms with Crippen LogP contribution in [0.3, 0.4) is 0 Å². The van der Waals surface area contributed by atoms with Gasteiger partial charge in [-0.2, -0.15) is 4.31 Å². The molecule has 0 radical (unpaired) electrons. The highest BCUT2D eigenvalue weighted by molar-refractivity contribution is 7.89. The predicted octanol–water partition coefficient (Wildman–Crippen LogP) is 3.46. The minimum Gasteiger partial charge on any atom is -0.406 e. The van der Waals surface area contributed by atoms with Crippen LogP contribution in [0.25, 0.3) is 0 Å². The van der Waals surface area contributed by atoms with Gasteiger partial charge in [0.2, 0.25) is 15.9 Å². The number of sulfonamides is 1. The number of carbonyl (C=O) groups is 1. The van der Waals surface area contributed by atoms with Crippen LogP contribution >= 0.6 is 0 Å².